The summed E-state index contributed by atoms with van der Waals surface area (Å²) in [6.45, 7) is 0.610. The minimum atomic E-state index is -0.118. The van der Waals surface area contributed by atoms with E-state index in [1.165, 1.54) is 4.88 Å². The molecular weight excluding hydrogens is 306 g/mol. The van der Waals surface area contributed by atoms with Crippen molar-refractivity contribution < 1.29 is 9.53 Å². The number of thiophene rings is 1. The van der Waals surface area contributed by atoms with E-state index in [2.05, 4.69) is 11.4 Å². The van der Waals surface area contributed by atoms with Gasteiger partial charge in [0.15, 0.2) is 0 Å². The van der Waals surface area contributed by atoms with Gasteiger partial charge in [-0.3, -0.25) is 4.79 Å². The fourth-order valence-corrected chi connectivity index (χ4v) is 2.92. The SMILES string of the molecule is O=C(NCCc1cccs1)c1ccccc1Oc1ccccc1. The van der Waals surface area contributed by atoms with Crippen LogP contribution < -0.4 is 10.1 Å². The van der Waals surface area contributed by atoms with E-state index in [0.717, 1.165) is 6.42 Å². The third kappa shape index (κ3) is 4.20. The van der Waals surface area contributed by atoms with E-state index in [9.17, 15) is 4.79 Å². The molecule has 0 fully saturated rings. The van der Waals surface area contributed by atoms with Crippen LogP contribution in [0.15, 0.2) is 72.1 Å². The zero-order valence-corrected chi connectivity index (χ0v) is 13.4. The van der Waals surface area contributed by atoms with E-state index < -0.39 is 0 Å². The Kier molecular flexibility index (Phi) is 5.06. The molecule has 2 aromatic carbocycles. The predicted molar refractivity (Wildman–Crippen MR) is 93.3 cm³/mol. The van der Waals surface area contributed by atoms with Crippen molar-refractivity contribution in [2.24, 2.45) is 0 Å². The number of para-hydroxylation sites is 2. The summed E-state index contributed by atoms with van der Waals surface area (Å²) < 4.78 is 5.82. The van der Waals surface area contributed by atoms with Gasteiger partial charge in [-0.25, -0.2) is 0 Å². The van der Waals surface area contributed by atoms with E-state index in [1.54, 1.807) is 23.5 Å². The van der Waals surface area contributed by atoms with Crippen molar-refractivity contribution in [1.29, 1.82) is 0 Å². The van der Waals surface area contributed by atoms with Crippen molar-refractivity contribution >= 4 is 17.2 Å². The van der Waals surface area contributed by atoms with Crippen LogP contribution in [0.25, 0.3) is 0 Å². The number of hydrogen-bond donors (Lipinski definition) is 1. The van der Waals surface area contributed by atoms with Crippen LogP contribution in [0.3, 0.4) is 0 Å². The Bertz CT molecular complexity index is 754. The topological polar surface area (TPSA) is 38.3 Å². The van der Waals surface area contributed by atoms with Gasteiger partial charge in [0.05, 0.1) is 5.56 Å². The molecule has 116 valence electrons. The van der Waals surface area contributed by atoms with E-state index in [0.29, 0.717) is 23.6 Å². The molecule has 3 rings (SSSR count). The molecule has 3 nitrogen and oxygen atoms in total. The third-order valence-electron chi connectivity index (χ3n) is 3.34. The zero-order valence-electron chi connectivity index (χ0n) is 12.6. The van der Waals surface area contributed by atoms with Crippen molar-refractivity contribution in [3.63, 3.8) is 0 Å². The van der Waals surface area contributed by atoms with Crippen molar-refractivity contribution in [2.75, 3.05) is 6.54 Å². The fraction of sp³-hybridized carbons (Fsp3) is 0.105. The maximum Gasteiger partial charge on any atom is 0.255 e. The lowest BCUT2D eigenvalue weighted by Crippen LogP contribution is -2.25. The molecule has 3 aromatic rings. The lowest BCUT2D eigenvalue weighted by molar-refractivity contribution is 0.0952. The smallest absolute Gasteiger partial charge is 0.255 e. The molecule has 1 aromatic heterocycles. The monoisotopic (exact) mass is 323 g/mol. The highest BCUT2D eigenvalue weighted by atomic mass is 32.1. The fourth-order valence-electron chi connectivity index (χ4n) is 2.21. The van der Waals surface area contributed by atoms with Crippen molar-refractivity contribution in [2.45, 2.75) is 6.42 Å². The Morgan fingerprint density at radius 1 is 0.957 bits per heavy atom. The molecule has 23 heavy (non-hydrogen) atoms. The summed E-state index contributed by atoms with van der Waals surface area (Å²) in [7, 11) is 0. The van der Waals surface area contributed by atoms with E-state index in [-0.39, 0.29) is 5.91 Å². The first-order chi connectivity index (χ1) is 11.3. The van der Waals surface area contributed by atoms with Crippen LogP contribution in [0.2, 0.25) is 0 Å². The molecule has 0 bridgehead atoms. The van der Waals surface area contributed by atoms with Gasteiger partial charge in [-0.2, -0.15) is 0 Å². The van der Waals surface area contributed by atoms with Gasteiger partial charge in [-0.1, -0.05) is 36.4 Å². The van der Waals surface area contributed by atoms with Gasteiger partial charge in [-0.15, -0.1) is 11.3 Å². The first kappa shape index (κ1) is 15.3. The highest BCUT2D eigenvalue weighted by Gasteiger charge is 2.12. The zero-order chi connectivity index (χ0) is 15.9. The summed E-state index contributed by atoms with van der Waals surface area (Å²) in [5.74, 6) is 1.16. The van der Waals surface area contributed by atoms with Crippen LogP contribution in [-0.4, -0.2) is 12.5 Å². The molecule has 0 aliphatic heterocycles. The number of carbonyl (C=O) groups excluding carboxylic acids is 1. The Balaban J connectivity index is 1.65. The number of benzene rings is 2. The highest BCUT2D eigenvalue weighted by molar-refractivity contribution is 7.09. The molecule has 1 N–H and O–H groups in total. The Labute approximate surface area is 139 Å². The van der Waals surface area contributed by atoms with Gasteiger partial charge < -0.3 is 10.1 Å². The number of nitrogens with one attached hydrogen (secondary N) is 1. The van der Waals surface area contributed by atoms with Crippen molar-refractivity contribution in [1.82, 2.24) is 5.32 Å². The van der Waals surface area contributed by atoms with Gasteiger partial charge in [0.1, 0.15) is 11.5 Å². The first-order valence-corrected chi connectivity index (χ1v) is 8.33. The van der Waals surface area contributed by atoms with Crippen LogP contribution in [0.1, 0.15) is 15.2 Å². The molecule has 4 heteroatoms. The predicted octanol–water partition coefficient (Wildman–Crippen LogP) is 4.51. The minimum Gasteiger partial charge on any atom is -0.457 e. The van der Waals surface area contributed by atoms with Crippen molar-refractivity contribution in [3.8, 4) is 11.5 Å². The van der Waals surface area contributed by atoms with Crippen LogP contribution >= 0.6 is 11.3 Å². The summed E-state index contributed by atoms with van der Waals surface area (Å²) in [5, 5.41) is 4.99. The van der Waals surface area contributed by atoms with Gasteiger partial charge in [-0.05, 0) is 42.1 Å². The number of rotatable bonds is 6. The summed E-state index contributed by atoms with van der Waals surface area (Å²) in [6, 6.07) is 20.8. The molecule has 1 heterocycles. The molecule has 0 atom stereocenters. The average Bonchev–Trinajstić information content (AvgIpc) is 3.09. The lowest BCUT2D eigenvalue weighted by atomic mass is 10.2. The maximum absolute atomic E-state index is 12.4. The van der Waals surface area contributed by atoms with Crippen LogP contribution in [-0.2, 0) is 6.42 Å². The number of ether oxygens (including phenoxy) is 1. The Hall–Kier alpha value is -2.59. The van der Waals surface area contributed by atoms with Gasteiger partial charge in [0.25, 0.3) is 5.91 Å². The quantitative estimate of drug-likeness (QED) is 0.724. The molecule has 0 radical (unpaired) electrons. The number of hydrogen-bond acceptors (Lipinski definition) is 3. The normalized spacial score (nSPS) is 10.3. The average molecular weight is 323 g/mol. The second-order valence-corrected chi connectivity index (χ2v) is 6.03. The molecule has 1 amide bonds. The van der Waals surface area contributed by atoms with Gasteiger partial charge in [0.2, 0.25) is 0 Å². The van der Waals surface area contributed by atoms with E-state index in [4.69, 9.17) is 4.74 Å². The summed E-state index contributed by atoms with van der Waals surface area (Å²) in [5.41, 5.74) is 0.544. The lowest BCUT2D eigenvalue weighted by Gasteiger charge is -2.11. The largest absolute Gasteiger partial charge is 0.457 e. The molecule has 0 aliphatic carbocycles. The summed E-state index contributed by atoms with van der Waals surface area (Å²) in [4.78, 5) is 13.7. The van der Waals surface area contributed by atoms with E-state index >= 15 is 0 Å². The summed E-state index contributed by atoms with van der Waals surface area (Å²) >= 11 is 1.70. The Morgan fingerprint density at radius 3 is 2.52 bits per heavy atom. The van der Waals surface area contributed by atoms with E-state index in [1.807, 2.05) is 53.9 Å². The highest BCUT2D eigenvalue weighted by Crippen LogP contribution is 2.24. The van der Waals surface area contributed by atoms with Crippen LogP contribution in [0.4, 0.5) is 0 Å². The molecule has 0 saturated carbocycles. The molecule has 0 aliphatic rings. The second-order valence-electron chi connectivity index (χ2n) is 5.00. The number of amides is 1. The van der Waals surface area contributed by atoms with Gasteiger partial charge in [0, 0.05) is 11.4 Å². The van der Waals surface area contributed by atoms with Gasteiger partial charge >= 0.3 is 0 Å². The molecule has 0 unspecified atom stereocenters. The number of carbonyl (C=O) groups is 1. The first-order valence-electron chi connectivity index (χ1n) is 7.45. The second kappa shape index (κ2) is 7.61. The van der Waals surface area contributed by atoms with Crippen molar-refractivity contribution in [3.05, 3.63) is 82.6 Å². The standard InChI is InChI=1S/C19H17NO2S/c21-19(20-13-12-16-9-6-14-23-16)17-10-4-5-11-18(17)22-15-7-2-1-3-8-15/h1-11,14H,12-13H2,(H,20,21). The molecule has 0 spiro atoms. The molecule has 0 saturated heterocycles. The van der Waals surface area contributed by atoms with Crippen LogP contribution in [0, 0.1) is 0 Å². The maximum atomic E-state index is 12.4. The molecular formula is C19H17NO2S. The van der Waals surface area contributed by atoms with Crippen LogP contribution in [0.5, 0.6) is 11.5 Å². The third-order valence-corrected chi connectivity index (χ3v) is 4.28. The Morgan fingerprint density at radius 2 is 1.74 bits per heavy atom. The minimum absolute atomic E-state index is 0.118. The summed E-state index contributed by atoms with van der Waals surface area (Å²) in [6.07, 6.45) is 0.838.